The lowest BCUT2D eigenvalue weighted by Crippen LogP contribution is -2.46. The molecule has 2 aliphatic rings. The molecule has 0 N–H and O–H groups in total. The number of methoxy groups -OCH3 is 1. The molecule has 2 rings (SSSR count). The lowest BCUT2D eigenvalue weighted by atomic mass is 9.69. The topological polar surface area (TPSA) is 26.3 Å². The van der Waals surface area contributed by atoms with E-state index in [4.69, 9.17) is 4.74 Å². The van der Waals surface area contributed by atoms with Crippen molar-refractivity contribution in [1.82, 2.24) is 0 Å². The minimum Gasteiger partial charge on any atom is -0.377 e. The Morgan fingerprint density at radius 1 is 1.13 bits per heavy atom. The maximum Gasteiger partial charge on any atom is 0.138 e. The van der Waals surface area contributed by atoms with Crippen LogP contribution < -0.4 is 0 Å². The molecule has 15 heavy (non-hydrogen) atoms. The summed E-state index contributed by atoms with van der Waals surface area (Å²) in [5.41, 5.74) is -0.0875. The number of ether oxygens (including phenoxy) is 1. The zero-order chi connectivity index (χ0) is 10.7. The van der Waals surface area contributed by atoms with Crippen molar-refractivity contribution in [2.24, 2.45) is 5.92 Å². The van der Waals surface area contributed by atoms with E-state index < -0.39 is 0 Å². The number of carbonyl (C=O) groups excluding carboxylic acids is 1. The van der Waals surface area contributed by atoms with Gasteiger partial charge in [0, 0.05) is 19.4 Å². The van der Waals surface area contributed by atoms with E-state index in [-0.39, 0.29) is 11.5 Å². The van der Waals surface area contributed by atoms with Gasteiger partial charge in [-0.1, -0.05) is 25.7 Å². The molecule has 0 amide bonds. The zero-order valence-electron chi connectivity index (χ0n) is 9.76. The maximum absolute atomic E-state index is 12.0. The molecule has 0 aliphatic heterocycles. The predicted octanol–water partition coefficient (Wildman–Crippen LogP) is 3.10. The van der Waals surface area contributed by atoms with Crippen LogP contribution in [0, 0.1) is 5.92 Å². The van der Waals surface area contributed by atoms with Crippen LogP contribution in [-0.2, 0) is 9.53 Å². The minimum atomic E-state index is -0.0875. The van der Waals surface area contributed by atoms with Crippen LogP contribution in [0.25, 0.3) is 0 Å². The monoisotopic (exact) mass is 210 g/mol. The van der Waals surface area contributed by atoms with Crippen LogP contribution in [0.1, 0.15) is 57.8 Å². The molecule has 2 nitrogen and oxygen atoms in total. The molecule has 86 valence electrons. The summed E-state index contributed by atoms with van der Waals surface area (Å²) in [7, 11) is 1.80. The van der Waals surface area contributed by atoms with Gasteiger partial charge < -0.3 is 4.74 Å². The molecule has 0 spiro atoms. The molecule has 0 bridgehead atoms. The summed E-state index contributed by atoms with van der Waals surface area (Å²) in [6.07, 6.45) is 10.1. The zero-order valence-corrected chi connectivity index (χ0v) is 9.76. The van der Waals surface area contributed by atoms with Gasteiger partial charge in [0.2, 0.25) is 0 Å². The van der Waals surface area contributed by atoms with Gasteiger partial charge in [0.15, 0.2) is 0 Å². The molecule has 2 heteroatoms. The number of rotatable bonds is 2. The van der Waals surface area contributed by atoms with Gasteiger partial charge in [0.25, 0.3) is 0 Å². The fourth-order valence-electron chi connectivity index (χ4n) is 3.38. The first-order valence-corrected chi connectivity index (χ1v) is 6.36. The Hall–Kier alpha value is -0.370. The van der Waals surface area contributed by atoms with Crippen molar-refractivity contribution in [1.29, 1.82) is 0 Å². The van der Waals surface area contributed by atoms with Crippen molar-refractivity contribution in [3.63, 3.8) is 0 Å². The molecule has 1 unspecified atom stereocenters. The average Bonchev–Trinajstić information content (AvgIpc) is 2.30. The molecule has 0 aromatic heterocycles. The van der Waals surface area contributed by atoms with Gasteiger partial charge in [0.1, 0.15) is 5.78 Å². The van der Waals surface area contributed by atoms with E-state index in [1.807, 2.05) is 0 Å². The third kappa shape index (κ3) is 2.10. The third-order valence-electron chi connectivity index (χ3n) is 4.30. The molecule has 2 aliphatic carbocycles. The van der Waals surface area contributed by atoms with Crippen LogP contribution in [0.2, 0.25) is 0 Å². The second-order valence-corrected chi connectivity index (χ2v) is 5.09. The van der Waals surface area contributed by atoms with Crippen LogP contribution in [-0.4, -0.2) is 18.5 Å². The van der Waals surface area contributed by atoms with Crippen LogP contribution >= 0.6 is 0 Å². The van der Waals surface area contributed by atoms with Crippen LogP contribution in [0.15, 0.2) is 0 Å². The van der Waals surface area contributed by atoms with E-state index in [0.717, 1.165) is 32.1 Å². The standard InChI is InChI=1S/C13H22O2/c1-15-13(9-5-2-6-10-13)11-7-3-4-8-12(11)14/h11H,2-10H2,1H3. The van der Waals surface area contributed by atoms with E-state index in [2.05, 4.69) is 0 Å². The fourth-order valence-corrected chi connectivity index (χ4v) is 3.38. The molecular formula is C13H22O2. The number of hydrogen-bond acceptors (Lipinski definition) is 2. The SMILES string of the molecule is COC1(C2CCCCC2=O)CCCCC1. The molecule has 0 heterocycles. The first-order valence-electron chi connectivity index (χ1n) is 6.36. The smallest absolute Gasteiger partial charge is 0.138 e. The van der Waals surface area contributed by atoms with E-state index in [0.29, 0.717) is 5.78 Å². The highest BCUT2D eigenvalue weighted by Crippen LogP contribution is 2.42. The molecular weight excluding hydrogens is 188 g/mol. The van der Waals surface area contributed by atoms with E-state index >= 15 is 0 Å². The van der Waals surface area contributed by atoms with Crippen LogP contribution in [0.3, 0.4) is 0 Å². The predicted molar refractivity (Wildman–Crippen MR) is 59.8 cm³/mol. The van der Waals surface area contributed by atoms with Crippen LogP contribution in [0.4, 0.5) is 0 Å². The Morgan fingerprint density at radius 3 is 2.47 bits per heavy atom. The van der Waals surface area contributed by atoms with E-state index in [1.165, 1.54) is 25.7 Å². The number of hydrogen-bond donors (Lipinski definition) is 0. The highest BCUT2D eigenvalue weighted by Gasteiger charge is 2.44. The van der Waals surface area contributed by atoms with Gasteiger partial charge in [-0.2, -0.15) is 0 Å². The van der Waals surface area contributed by atoms with Gasteiger partial charge in [-0.05, 0) is 25.7 Å². The number of ketones is 1. The van der Waals surface area contributed by atoms with Crippen molar-refractivity contribution in [3.8, 4) is 0 Å². The first-order chi connectivity index (χ1) is 7.28. The Labute approximate surface area is 92.4 Å². The molecule has 0 aromatic rings. The summed E-state index contributed by atoms with van der Waals surface area (Å²) in [5.74, 6) is 0.668. The largest absolute Gasteiger partial charge is 0.377 e. The Bertz CT molecular complexity index is 229. The maximum atomic E-state index is 12.0. The minimum absolute atomic E-state index is 0.0875. The Morgan fingerprint density at radius 2 is 1.87 bits per heavy atom. The van der Waals surface area contributed by atoms with Gasteiger partial charge in [-0.25, -0.2) is 0 Å². The van der Waals surface area contributed by atoms with Gasteiger partial charge in [-0.3, -0.25) is 4.79 Å². The number of Topliss-reactive ketones (excluding diaryl/α,β-unsaturated/α-hetero) is 1. The van der Waals surface area contributed by atoms with Crippen molar-refractivity contribution in [2.75, 3.05) is 7.11 Å². The molecule has 0 saturated heterocycles. The lowest BCUT2D eigenvalue weighted by molar-refractivity contribution is -0.143. The molecule has 2 fully saturated rings. The fraction of sp³-hybridized carbons (Fsp3) is 0.923. The number of carbonyl (C=O) groups is 1. The summed E-state index contributed by atoms with van der Waals surface area (Å²) < 4.78 is 5.77. The quantitative estimate of drug-likeness (QED) is 0.700. The second-order valence-electron chi connectivity index (χ2n) is 5.09. The second kappa shape index (κ2) is 4.65. The summed E-state index contributed by atoms with van der Waals surface area (Å²) in [6.45, 7) is 0. The molecule has 0 aromatic carbocycles. The van der Waals surface area contributed by atoms with Crippen molar-refractivity contribution in [3.05, 3.63) is 0 Å². The first kappa shape index (κ1) is 11.1. The van der Waals surface area contributed by atoms with Crippen molar-refractivity contribution in [2.45, 2.75) is 63.4 Å². The average molecular weight is 210 g/mol. The highest BCUT2D eigenvalue weighted by molar-refractivity contribution is 5.82. The van der Waals surface area contributed by atoms with Crippen LogP contribution in [0.5, 0.6) is 0 Å². The van der Waals surface area contributed by atoms with Gasteiger partial charge in [-0.15, -0.1) is 0 Å². The van der Waals surface area contributed by atoms with Crippen molar-refractivity contribution >= 4 is 5.78 Å². The van der Waals surface area contributed by atoms with E-state index in [9.17, 15) is 4.79 Å². The molecule has 1 atom stereocenters. The molecule has 2 saturated carbocycles. The Kier molecular flexibility index (Phi) is 3.45. The summed E-state index contributed by atoms with van der Waals surface area (Å²) in [6, 6.07) is 0. The van der Waals surface area contributed by atoms with E-state index in [1.54, 1.807) is 7.11 Å². The Balaban J connectivity index is 2.12. The normalized spacial score (nSPS) is 31.5. The summed E-state index contributed by atoms with van der Waals surface area (Å²) >= 11 is 0. The summed E-state index contributed by atoms with van der Waals surface area (Å²) in [4.78, 5) is 12.0. The highest BCUT2D eigenvalue weighted by atomic mass is 16.5. The lowest BCUT2D eigenvalue weighted by Gasteiger charge is -2.43. The van der Waals surface area contributed by atoms with Gasteiger partial charge in [0.05, 0.1) is 5.60 Å². The molecule has 0 radical (unpaired) electrons. The van der Waals surface area contributed by atoms with Gasteiger partial charge >= 0.3 is 0 Å². The summed E-state index contributed by atoms with van der Waals surface area (Å²) in [5, 5.41) is 0. The third-order valence-corrected chi connectivity index (χ3v) is 4.30. The van der Waals surface area contributed by atoms with Crippen molar-refractivity contribution < 1.29 is 9.53 Å².